The first-order valence-electron chi connectivity index (χ1n) is 4.39. The molecule has 0 atom stereocenters. The number of ether oxygens (including phenoxy) is 1. The summed E-state index contributed by atoms with van der Waals surface area (Å²) in [6.45, 7) is 3.80. The Bertz CT molecular complexity index is 484. The van der Waals surface area contributed by atoms with E-state index >= 15 is 0 Å². The van der Waals surface area contributed by atoms with Crippen LogP contribution in [-0.4, -0.2) is 9.36 Å². The lowest BCUT2D eigenvalue weighted by Crippen LogP contribution is -1.85. The van der Waals surface area contributed by atoms with Crippen molar-refractivity contribution >= 4 is 23.1 Å². The van der Waals surface area contributed by atoms with Crippen molar-refractivity contribution in [3.63, 3.8) is 0 Å². The van der Waals surface area contributed by atoms with Crippen LogP contribution in [-0.2, 0) is 0 Å². The van der Waals surface area contributed by atoms with Gasteiger partial charge in [0.1, 0.15) is 11.6 Å². The van der Waals surface area contributed by atoms with Crippen LogP contribution < -0.4 is 4.74 Å². The normalized spacial score (nSPS) is 10.3. The van der Waals surface area contributed by atoms with Gasteiger partial charge in [0.2, 0.25) is 0 Å². The van der Waals surface area contributed by atoms with Crippen LogP contribution in [0.25, 0.3) is 0 Å². The van der Waals surface area contributed by atoms with Crippen LogP contribution in [0.15, 0.2) is 18.2 Å². The molecule has 0 aliphatic carbocycles. The van der Waals surface area contributed by atoms with Crippen molar-refractivity contribution in [2.24, 2.45) is 0 Å². The Balaban J connectivity index is 2.27. The van der Waals surface area contributed by atoms with Gasteiger partial charge in [0.05, 0.1) is 5.02 Å². The smallest absolute Gasteiger partial charge is 0.298 e. The third kappa shape index (κ3) is 2.46. The van der Waals surface area contributed by atoms with E-state index in [1.165, 1.54) is 11.5 Å². The molecule has 0 unspecified atom stereocenters. The zero-order chi connectivity index (χ0) is 10.8. The fourth-order valence-electron chi connectivity index (χ4n) is 1.10. The number of halogens is 1. The van der Waals surface area contributed by atoms with Crippen LogP contribution in [0.1, 0.15) is 11.4 Å². The summed E-state index contributed by atoms with van der Waals surface area (Å²) in [4.78, 5) is 4.10. The second-order valence-electron chi connectivity index (χ2n) is 3.14. The van der Waals surface area contributed by atoms with E-state index in [4.69, 9.17) is 16.3 Å². The van der Waals surface area contributed by atoms with E-state index < -0.39 is 0 Å². The minimum atomic E-state index is 0.514. The molecule has 0 amide bonds. The quantitative estimate of drug-likeness (QED) is 0.805. The Morgan fingerprint density at radius 1 is 1.33 bits per heavy atom. The molecule has 0 N–H and O–H groups in total. The molecule has 15 heavy (non-hydrogen) atoms. The summed E-state index contributed by atoms with van der Waals surface area (Å²) in [5.74, 6) is 1.33. The Morgan fingerprint density at radius 3 is 2.80 bits per heavy atom. The van der Waals surface area contributed by atoms with Crippen LogP contribution in [0.4, 0.5) is 0 Å². The molecule has 0 saturated carbocycles. The summed E-state index contributed by atoms with van der Waals surface area (Å²) in [6, 6.07) is 5.61. The second kappa shape index (κ2) is 4.16. The van der Waals surface area contributed by atoms with Gasteiger partial charge in [-0.05, 0) is 31.5 Å². The van der Waals surface area contributed by atoms with Crippen LogP contribution >= 0.6 is 23.1 Å². The summed E-state index contributed by atoms with van der Waals surface area (Å²) >= 11 is 7.20. The molecule has 0 spiro atoms. The third-order valence-electron chi connectivity index (χ3n) is 1.79. The van der Waals surface area contributed by atoms with Crippen molar-refractivity contribution in [1.29, 1.82) is 0 Å². The summed E-state index contributed by atoms with van der Waals surface area (Å²) in [5, 5.41) is 1.09. The molecule has 3 nitrogen and oxygen atoms in total. The van der Waals surface area contributed by atoms with Crippen LogP contribution in [0.3, 0.4) is 0 Å². The van der Waals surface area contributed by atoms with E-state index in [0.717, 1.165) is 5.56 Å². The Labute approximate surface area is 96.9 Å². The Hall–Kier alpha value is -1.13. The number of aromatic nitrogens is 2. The van der Waals surface area contributed by atoms with E-state index in [9.17, 15) is 0 Å². The maximum Gasteiger partial charge on any atom is 0.298 e. The van der Waals surface area contributed by atoms with Gasteiger partial charge in [0, 0.05) is 11.5 Å². The molecule has 0 bridgehead atoms. The number of hydrogen-bond acceptors (Lipinski definition) is 4. The van der Waals surface area contributed by atoms with Crippen molar-refractivity contribution in [3.05, 3.63) is 34.6 Å². The fraction of sp³-hybridized carbons (Fsp3) is 0.200. The Morgan fingerprint density at radius 2 is 2.13 bits per heavy atom. The molecule has 1 aromatic carbocycles. The monoisotopic (exact) mass is 240 g/mol. The number of rotatable bonds is 2. The van der Waals surface area contributed by atoms with E-state index in [2.05, 4.69) is 9.36 Å². The van der Waals surface area contributed by atoms with Crippen molar-refractivity contribution in [1.82, 2.24) is 9.36 Å². The third-order valence-corrected chi connectivity index (χ3v) is 2.79. The van der Waals surface area contributed by atoms with Crippen molar-refractivity contribution < 1.29 is 4.74 Å². The first-order valence-corrected chi connectivity index (χ1v) is 5.54. The zero-order valence-corrected chi connectivity index (χ0v) is 9.89. The average molecular weight is 241 g/mol. The van der Waals surface area contributed by atoms with Crippen molar-refractivity contribution in [2.45, 2.75) is 13.8 Å². The molecular weight excluding hydrogens is 232 g/mol. The maximum absolute atomic E-state index is 5.98. The molecule has 0 fully saturated rings. The number of nitrogens with zero attached hydrogens (tertiary/aromatic N) is 2. The fourth-order valence-corrected chi connectivity index (χ4v) is 1.81. The summed E-state index contributed by atoms with van der Waals surface area (Å²) in [7, 11) is 0. The summed E-state index contributed by atoms with van der Waals surface area (Å²) in [5.41, 5.74) is 1.09. The molecule has 0 aliphatic rings. The average Bonchev–Trinajstić information content (AvgIpc) is 2.58. The highest BCUT2D eigenvalue weighted by Gasteiger charge is 2.06. The van der Waals surface area contributed by atoms with Gasteiger partial charge in [-0.3, -0.25) is 0 Å². The van der Waals surface area contributed by atoms with Crippen molar-refractivity contribution in [3.8, 4) is 10.9 Å². The molecule has 0 aliphatic heterocycles. The largest absolute Gasteiger partial charge is 0.428 e. The standard InChI is InChI=1S/C10H9ClN2OS/c1-6-3-4-8(11)9(5-6)14-10-12-7(2)13-15-10/h3-5H,1-2H3. The van der Waals surface area contributed by atoms with Gasteiger partial charge < -0.3 is 4.74 Å². The maximum atomic E-state index is 5.98. The molecule has 0 radical (unpaired) electrons. The van der Waals surface area contributed by atoms with Gasteiger partial charge in [-0.25, -0.2) is 0 Å². The molecule has 78 valence electrons. The lowest BCUT2D eigenvalue weighted by atomic mass is 10.2. The predicted octanol–water partition coefficient (Wildman–Crippen LogP) is 3.60. The minimum Gasteiger partial charge on any atom is -0.428 e. The molecule has 1 heterocycles. The lowest BCUT2D eigenvalue weighted by molar-refractivity contribution is 0.477. The van der Waals surface area contributed by atoms with Gasteiger partial charge in [0.25, 0.3) is 5.19 Å². The predicted molar refractivity (Wildman–Crippen MR) is 60.9 cm³/mol. The highest BCUT2D eigenvalue weighted by Crippen LogP contribution is 2.30. The van der Waals surface area contributed by atoms with E-state index in [1.54, 1.807) is 6.07 Å². The van der Waals surface area contributed by atoms with Gasteiger partial charge in [-0.15, -0.1) is 0 Å². The van der Waals surface area contributed by atoms with E-state index in [0.29, 0.717) is 21.8 Å². The number of benzene rings is 1. The Kier molecular flexibility index (Phi) is 2.88. The molecule has 5 heteroatoms. The molecular formula is C10H9ClN2OS. The van der Waals surface area contributed by atoms with Crippen LogP contribution in [0.2, 0.25) is 5.02 Å². The lowest BCUT2D eigenvalue weighted by Gasteiger charge is -2.04. The van der Waals surface area contributed by atoms with Gasteiger partial charge in [-0.2, -0.15) is 9.36 Å². The summed E-state index contributed by atoms with van der Waals surface area (Å²) in [6.07, 6.45) is 0. The number of aryl methyl sites for hydroxylation is 2. The van der Waals surface area contributed by atoms with Gasteiger partial charge in [0.15, 0.2) is 0 Å². The SMILES string of the molecule is Cc1ccc(Cl)c(Oc2nc(C)ns2)c1. The first-order chi connectivity index (χ1) is 7.15. The molecule has 1 aromatic heterocycles. The topological polar surface area (TPSA) is 35.0 Å². The first kappa shape index (κ1) is 10.4. The molecule has 2 aromatic rings. The summed E-state index contributed by atoms with van der Waals surface area (Å²) < 4.78 is 9.55. The second-order valence-corrected chi connectivity index (χ2v) is 4.27. The minimum absolute atomic E-state index is 0.514. The van der Waals surface area contributed by atoms with Crippen LogP contribution in [0.5, 0.6) is 10.9 Å². The van der Waals surface area contributed by atoms with Gasteiger partial charge in [-0.1, -0.05) is 17.7 Å². The molecule has 2 rings (SSSR count). The van der Waals surface area contributed by atoms with E-state index in [1.807, 2.05) is 26.0 Å². The highest BCUT2D eigenvalue weighted by molar-refractivity contribution is 7.07. The molecule has 0 saturated heterocycles. The van der Waals surface area contributed by atoms with E-state index in [-0.39, 0.29) is 0 Å². The van der Waals surface area contributed by atoms with Crippen LogP contribution in [0, 0.1) is 13.8 Å². The number of hydrogen-bond donors (Lipinski definition) is 0. The van der Waals surface area contributed by atoms with Gasteiger partial charge >= 0.3 is 0 Å². The highest BCUT2D eigenvalue weighted by atomic mass is 35.5. The zero-order valence-electron chi connectivity index (χ0n) is 8.32. The van der Waals surface area contributed by atoms with Crippen molar-refractivity contribution in [2.75, 3.05) is 0 Å².